The fourth-order valence-corrected chi connectivity index (χ4v) is 2.08. The molecule has 0 saturated heterocycles. The van der Waals surface area contributed by atoms with Crippen LogP contribution in [0, 0.1) is 0 Å². The van der Waals surface area contributed by atoms with E-state index in [1.807, 2.05) is 26.2 Å². The van der Waals surface area contributed by atoms with E-state index in [0.29, 0.717) is 6.61 Å². The first kappa shape index (κ1) is 14.0. The second-order valence-corrected chi connectivity index (χ2v) is 5.20. The van der Waals surface area contributed by atoms with Gasteiger partial charge in [0.25, 0.3) is 0 Å². The van der Waals surface area contributed by atoms with Gasteiger partial charge in [0.1, 0.15) is 18.7 Å². The third kappa shape index (κ3) is 3.33. The molecule has 6 heteroatoms. The van der Waals surface area contributed by atoms with Crippen molar-refractivity contribution in [1.29, 1.82) is 0 Å². The third-order valence-electron chi connectivity index (χ3n) is 3.04. The van der Waals surface area contributed by atoms with Gasteiger partial charge in [0.05, 0.1) is 0 Å². The number of nitrogens with one attached hydrogen (secondary N) is 1. The predicted octanol–water partition coefficient (Wildman–Crippen LogP) is 2.44. The third-order valence-corrected chi connectivity index (χ3v) is 3.53. The van der Waals surface area contributed by atoms with Crippen LogP contribution < -0.4 is 10.1 Å². The molecule has 19 heavy (non-hydrogen) atoms. The number of benzene rings is 1. The Labute approximate surface area is 121 Å². The van der Waals surface area contributed by atoms with Crippen molar-refractivity contribution in [1.82, 2.24) is 20.1 Å². The molecule has 2 aromatic rings. The average Bonchev–Trinajstić information content (AvgIpc) is 2.81. The Balaban J connectivity index is 2.19. The van der Waals surface area contributed by atoms with Crippen LogP contribution in [0.15, 0.2) is 29.0 Å². The Morgan fingerprint density at radius 1 is 1.47 bits per heavy atom. The van der Waals surface area contributed by atoms with Crippen LogP contribution in [-0.2, 0) is 13.7 Å². The molecule has 0 amide bonds. The first-order chi connectivity index (χ1) is 9.11. The van der Waals surface area contributed by atoms with Gasteiger partial charge in [0.15, 0.2) is 5.82 Å². The summed E-state index contributed by atoms with van der Waals surface area (Å²) in [6, 6.07) is 6.26. The highest BCUT2D eigenvalue weighted by atomic mass is 79.9. The van der Waals surface area contributed by atoms with Gasteiger partial charge < -0.3 is 10.1 Å². The molecule has 0 bridgehead atoms. The quantitative estimate of drug-likeness (QED) is 0.917. The number of aromatic nitrogens is 3. The first-order valence-electron chi connectivity index (χ1n) is 6.04. The highest BCUT2D eigenvalue weighted by Crippen LogP contribution is 2.29. The summed E-state index contributed by atoms with van der Waals surface area (Å²) >= 11 is 3.47. The summed E-state index contributed by atoms with van der Waals surface area (Å²) in [7, 11) is 3.78. The zero-order valence-corrected chi connectivity index (χ0v) is 12.8. The number of halogens is 1. The Hall–Kier alpha value is -1.40. The molecule has 1 heterocycles. The maximum absolute atomic E-state index is 5.87. The normalized spacial score (nSPS) is 12.4. The Kier molecular flexibility index (Phi) is 4.55. The highest BCUT2D eigenvalue weighted by Gasteiger charge is 2.11. The molecule has 0 radical (unpaired) electrons. The average molecular weight is 325 g/mol. The van der Waals surface area contributed by atoms with Crippen LogP contribution >= 0.6 is 15.9 Å². The molecule has 1 atom stereocenters. The van der Waals surface area contributed by atoms with E-state index in [-0.39, 0.29) is 6.04 Å². The minimum atomic E-state index is 0.225. The van der Waals surface area contributed by atoms with Crippen LogP contribution in [0.2, 0.25) is 0 Å². The number of rotatable bonds is 5. The molecule has 5 nitrogen and oxygen atoms in total. The summed E-state index contributed by atoms with van der Waals surface area (Å²) in [5.41, 5.74) is 1.12. The smallest absolute Gasteiger partial charge is 0.164 e. The van der Waals surface area contributed by atoms with Crippen molar-refractivity contribution >= 4 is 15.9 Å². The summed E-state index contributed by atoms with van der Waals surface area (Å²) in [5.74, 6) is 1.64. The van der Waals surface area contributed by atoms with Gasteiger partial charge in [-0.3, -0.25) is 4.68 Å². The monoisotopic (exact) mass is 324 g/mol. The molecule has 0 aliphatic heterocycles. The molecule has 102 valence electrons. The molecule has 2 rings (SSSR count). The molecule has 0 aliphatic rings. The van der Waals surface area contributed by atoms with Crippen LogP contribution in [0.5, 0.6) is 5.75 Å². The van der Waals surface area contributed by atoms with Crippen LogP contribution in [0.25, 0.3) is 0 Å². The van der Waals surface area contributed by atoms with E-state index in [4.69, 9.17) is 4.74 Å². The van der Waals surface area contributed by atoms with E-state index in [2.05, 4.69) is 44.3 Å². The molecule has 1 N–H and O–H groups in total. The lowest BCUT2D eigenvalue weighted by Crippen LogP contribution is -2.14. The molecule has 0 aliphatic carbocycles. The molecule has 0 saturated carbocycles. The van der Waals surface area contributed by atoms with Gasteiger partial charge in [-0.2, -0.15) is 5.10 Å². The summed E-state index contributed by atoms with van der Waals surface area (Å²) in [6.45, 7) is 2.49. The standard InChI is InChI=1S/C13H17BrN4O/c1-9(15-2)11-5-4-10(14)6-12(11)19-7-13-16-8-17-18(13)3/h4-6,8-9,15H,7H2,1-3H3. The van der Waals surface area contributed by atoms with E-state index in [1.165, 1.54) is 6.33 Å². The Morgan fingerprint density at radius 2 is 2.26 bits per heavy atom. The SMILES string of the molecule is CNC(C)c1ccc(Br)cc1OCc1ncnn1C. The first-order valence-corrected chi connectivity index (χ1v) is 6.83. The second kappa shape index (κ2) is 6.16. The fourth-order valence-electron chi connectivity index (χ4n) is 1.74. The maximum Gasteiger partial charge on any atom is 0.164 e. The van der Waals surface area contributed by atoms with Crippen molar-refractivity contribution in [2.24, 2.45) is 7.05 Å². The molecular weight excluding hydrogens is 308 g/mol. The highest BCUT2D eigenvalue weighted by molar-refractivity contribution is 9.10. The van der Waals surface area contributed by atoms with Crippen molar-refractivity contribution in [3.05, 3.63) is 40.4 Å². The van der Waals surface area contributed by atoms with E-state index in [0.717, 1.165) is 21.6 Å². The number of aryl methyl sites for hydroxylation is 1. The number of hydrogen-bond donors (Lipinski definition) is 1. The lowest BCUT2D eigenvalue weighted by atomic mass is 10.1. The topological polar surface area (TPSA) is 52.0 Å². The fraction of sp³-hybridized carbons (Fsp3) is 0.385. The van der Waals surface area contributed by atoms with Crippen molar-refractivity contribution in [2.45, 2.75) is 19.6 Å². The molecule has 0 spiro atoms. The Bertz CT molecular complexity index is 555. The largest absolute Gasteiger partial charge is 0.485 e. The number of hydrogen-bond acceptors (Lipinski definition) is 4. The number of ether oxygens (including phenoxy) is 1. The van der Waals surface area contributed by atoms with Crippen LogP contribution in [0.4, 0.5) is 0 Å². The molecular formula is C13H17BrN4O. The minimum absolute atomic E-state index is 0.225. The van der Waals surface area contributed by atoms with E-state index < -0.39 is 0 Å². The van der Waals surface area contributed by atoms with Crippen molar-refractivity contribution in [3.8, 4) is 5.75 Å². The van der Waals surface area contributed by atoms with Gasteiger partial charge >= 0.3 is 0 Å². The minimum Gasteiger partial charge on any atom is -0.485 e. The second-order valence-electron chi connectivity index (χ2n) is 4.28. The summed E-state index contributed by atoms with van der Waals surface area (Å²) in [4.78, 5) is 4.15. The van der Waals surface area contributed by atoms with Gasteiger partial charge in [-0.25, -0.2) is 4.98 Å². The summed E-state index contributed by atoms with van der Waals surface area (Å²) < 4.78 is 8.57. The summed E-state index contributed by atoms with van der Waals surface area (Å²) in [5, 5.41) is 7.24. The van der Waals surface area contributed by atoms with Gasteiger partial charge in [0.2, 0.25) is 0 Å². The van der Waals surface area contributed by atoms with Crippen molar-refractivity contribution < 1.29 is 4.74 Å². The van der Waals surface area contributed by atoms with Gasteiger partial charge in [-0.1, -0.05) is 22.0 Å². The zero-order chi connectivity index (χ0) is 13.8. The lowest BCUT2D eigenvalue weighted by Gasteiger charge is -2.16. The lowest BCUT2D eigenvalue weighted by molar-refractivity contribution is 0.284. The zero-order valence-electron chi connectivity index (χ0n) is 11.2. The molecule has 1 aromatic heterocycles. The van der Waals surface area contributed by atoms with E-state index in [9.17, 15) is 0 Å². The van der Waals surface area contributed by atoms with Crippen molar-refractivity contribution in [2.75, 3.05) is 7.05 Å². The molecule has 1 unspecified atom stereocenters. The van der Waals surface area contributed by atoms with Crippen LogP contribution in [0.3, 0.4) is 0 Å². The molecule has 0 fully saturated rings. The van der Waals surface area contributed by atoms with Crippen molar-refractivity contribution in [3.63, 3.8) is 0 Å². The van der Waals surface area contributed by atoms with Crippen LogP contribution in [-0.4, -0.2) is 21.8 Å². The van der Waals surface area contributed by atoms with Crippen LogP contribution in [0.1, 0.15) is 24.4 Å². The Morgan fingerprint density at radius 3 is 2.89 bits per heavy atom. The number of nitrogens with zero attached hydrogens (tertiary/aromatic N) is 3. The van der Waals surface area contributed by atoms with E-state index in [1.54, 1.807) is 4.68 Å². The maximum atomic E-state index is 5.87. The van der Waals surface area contributed by atoms with Gasteiger partial charge in [-0.15, -0.1) is 0 Å². The predicted molar refractivity (Wildman–Crippen MR) is 77.0 cm³/mol. The molecule has 1 aromatic carbocycles. The van der Waals surface area contributed by atoms with E-state index >= 15 is 0 Å². The van der Waals surface area contributed by atoms with Gasteiger partial charge in [0, 0.05) is 23.1 Å². The van der Waals surface area contributed by atoms with Gasteiger partial charge in [-0.05, 0) is 26.1 Å². The summed E-state index contributed by atoms with van der Waals surface area (Å²) in [6.07, 6.45) is 1.52.